The van der Waals surface area contributed by atoms with E-state index in [1.165, 1.54) is 0 Å². The highest BCUT2D eigenvalue weighted by Gasteiger charge is 2.35. The summed E-state index contributed by atoms with van der Waals surface area (Å²) >= 11 is 0. The van der Waals surface area contributed by atoms with Crippen molar-refractivity contribution in [1.82, 2.24) is 15.5 Å². The van der Waals surface area contributed by atoms with Crippen molar-refractivity contribution in [2.24, 2.45) is 0 Å². The number of aromatic nitrogens is 2. The second kappa shape index (κ2) is 6.48. The van der Waals surface area contributed by atoms with E-state index in [4.69, 9.17) is 9.26 Å². The van der Waals surface area contributed by atoms with Gasteiger partial charge in [-0.05, 0) is 45.7 Å². The van der Waals surface area contributed by atoms with Gasteiger partial charge in [-0.3, -0.25) is 0 Å². The molecule has 0 spiro atoms. The van der Waals surface area contributed by atoms with Crippen LogP contribution in [0.5, 0.6) is 0 Å². The highest BCUT2D eigenvalue weighted by molar-refractivity contribution is 5.04. The molecule has 108 valence electrons. The lowest BCUT2D eigenvalue weighted by molar-refractivity contribution is -0.0583. The lowest BCUT2D eigenvalue weighted by Gasteiger charge is -2.27. The van der Waals surface area contributed by atoms with Gasteiger partial charge < -0.3 is 14.6 Å². The van der Waals surface area contributed by atoms with Crippen molar-refractivity contribution in [3.63, 3.8) is 0 Å². The molecule has 2 heterocycles. The van der Waals surface area contributed by atoms with Gasteiger partial charge in [-0.15, -0.1) is 0 Å². The van der Waals surface area contributed by atoms with Crippen molar-refractivity contribution >= 4 is 0 Å². The van der Waals surface area contributed by atoms with Crippen LogP contribution in [0.15, 0.2) is 4.52 Å². The zero-order valence-electron chi connectivity index (χ0n) is 12.2. The number of ether oxygens (including phenoxy) is 1. The molecule has 0 amide bonds. The molecule has 5 heteroatoms. The van der Waals surface area contributed by atoms with Crippen LogP contribution >= 0.6 is 0 Å². The molecule has 0 unspecified atom stereocenters. The molecule has 0 radical (unpaired) electrons. The van der Waals surface area contributed by atoms with Gasteiger partial charge in [0.15, 0.2) is 0 Å². The molecule has 1 aromatic heterocycles. The number of piperidine rings is 1. The van der Waals surface area contributed by atoms with Gasteiger partial charge in [0.2, 0.25) is 11.7 Å². The summed E-state index contributed by atoms with van der Waals surface area (Å²) in [5.74, 6) is 1.89. The van der Waals surface area contributed by atoms with E-state index >= 15 is 0 Å². The number of rotatable bonds is 6. The Labute approximate surface area is 115 Å². The van der Waals surface area contributed by atoms with Crippen LogP contribution in [-0.4, -0.2) is 29.8 Å². The average molecular weight is 267 g/mol. The third-order valence-corrected chi connectivity index (χ3v) is 4.10. The molecule has 1 saturated heterocycles. The fourth-order valence-electron chi connectivity index (χ4n) is 2.77. The van der Waals surface area contributed by atoms with Crippen molar-refractivity contribution in [3.8, 4) is 0 Å². The fraction of sp³-hybridized carbons (Fsp3) is 0.857. The maximum atomic E-state index is 5.92. The van der Waals surface area contributed by atoms with Gasteiger partial charge in [0.25, 0.3) is 0 Å². The normalized spacial score (nSPS) is 17.8. The Kier molecular flexibility index (Phi) is 4.93. The number of nitrogens with one attached hydrogen (secondary N) is 1. The van der Waals surface area contributed by atoms with Crippen LogP contribution in [0, 0.1) is 0 Å². The van der Waals surface area contributed by atoms with Crippen LogP contribution in [0.25, 0.3) is 0 Å². The first-order chi connectivity index (χ1) is 9.25. The van der Waals surface area contributed by atoms with Crippen molar-refractivity contribution in [2.75, 3.05) is 19.7 Å². The van der Waals surface area contributed by atoms with E-state index in [9.17, 15) is 0 Å². The lowest BCUT2D eigenvalue weighted by Crippen LogP contribution is -2.30. The summed E-state index contributed by atoms with van der Waals surface area (Å²) in [5.41, 5.74) is -0.385. The molecular formula is C14H25N3O2. The first kappa shape index (κ1) is 14.5. The zero-order chi connectivity index (χ0) is 13.7. The SMILES string of the molecule is CCOC(CC)(CC)c1noc(C2CCNCC2)n1. The van der Waals surface area contributed by atoms with Crippen LogP contribution < -0.4 is 5.32 Å². The molecule has 1 aliphatic rings. The molecule has 2 rings (SSSR count). The third-order valence-electron chi connectivity index (χ3n) is 4.10. The highest BCUT2D eigenvalue weighted by Crippen LogP contribution is 2.33. The molecular weight excluding hydrogens is 242 g/mol. The van der Waals surface area contributed by atoms with E-state index in [2.05, 4.69) is 29.3 Å². The van der Waals surface area contributed by atoms with E-state index in [0.29, 0.717) is 18.3 Å². The second-order valence-electron chi connectivity index (χ2n) is 5.11. The average Bonchev–Trinajstić information content (AvgIpc) is 2.96. The van der Waals surface area contributed by atoms with Crippen molar-refractivity contribution in [3.05, 3.63) is 11.7 Å². The van der Waals surface area contributed by atoms with Gasteiger partial charge in [0.05, 0.1) is 0 Å². The van der Waals surface area contributed by atoms with E-state index < -0.39 is 0 Å². The van der Waals surface area contributed by atoms with E-state index in [-0.39, 0.29) is 5.60 Å². The molecule has 0 aliphatic carbocycles. The van der Waals surface area contributed by atoms with Gasteiger partial charge in [-0.2, -0.15) is 4.98 Å². The Hall–Kier alpha value is -0.940. The molecule has 1 fully saturated rings. The smallest absolute Gasteiger partial charge is 0.229 e. The Morgan fingerprint density at radius 3 is 2.53 bits per heavy atom. The van der Waals surface area contributed by atoms with Crippen molar-refractivity contribution in [1.29, 1.82) is 0 Å². The number of nitrogens with zero attached hydrogens (tertiary/aromatic N) is 2. The molecule has 1 N–H and O–H groups in total. The monoisotopic (exact) mass is 267 g/mol. The van der Waals surface area contributed by atoms with Gasteiger partial charge in [0.1, 0.15) is 5.60 Å². The first-order valence-electron chi connectivity index (χ1n) is 7.44. The largest absolute Gasteiger partial charge is 0.367 e. The molecule has 0 bridgehead atoms. The van der Waals surface area contributed by atoms with E-state index in [1.54, 1.807) is 0 Å². The molecule has 0 aromatic carbocycles. The summed E-state index contributed by atoms with van der Waals surface area (Å²) in [4.78, 5) is 4.64. The predicted octanol–water partition coefficient (Wildman–Crippen LogP) is 2.59. The van der Waals surface area contributed by atoms with Gasteiger partial charge in [0, 0.05) is 12.5 Å². The first-order valence-corrected chi connectivity index (χ1v) is 7.44. The quantitative estimate of drug-likeness (QED) is 0.858. The maximum absolute atomic E-state index is 5.92. The number of hydrogen-bond donors (Lipinski definition) is 1. The van der Waals surface area contributed by atoms with Gasteiger partial charge in [-0.1, -0.05) is 19.0 Å². The van der Waals surface area contributed by atoms with Crippen LogP contribution in [0.4, 0.5) is 0 Å². The van der Waals surface area contributed by atoms with Crippen LogP contribution in [-0.2, 0) is 10.3 Å². The van der Waals surface area contributed by atoms with Crippen molar-refractivity contribution < 1.29 is 9.26 Å². The van der Waals surface area contributed by atoms with Gasteiger partial charge >= 0.3 is 0 Å². The Morgan fingerprint density at radius 2 is 1.95 bits per heavy atom. The summed E-state index contributed by atoms with van der Waals surface area (Å²) in [5, 5.41) is 7.54. The van der Waals surface area contributed by atoms with Crippen LogP contribution in [0.1, 0.15) is 64.1 Å². The lowest BCUT2D eigenvalue weighted by atomic mass is 9.95. The summed E-state index contributed by atoms with van der Waals surface area (Å²) in [6, 6.07) is 0. The Morgan fingerprint density at radius 1 is 1.26 bits per heavy atom. The second-order valence-corrected chi connectivity index (χ2v) is 5.11. The molecule has 1 aromatic rings. The molecule has 1 aliphatic heterocycles. The fourth-order valence-corrected chi connectivity index (χ4v) is 2.77. The topological polar surface area (TPSA) is 60.2 Å². The minimum absolute atomic E-state index is 0.385. The summed E-state index contributed by atoms with van der Waals surface area (Å²) in [6.07, 6.45) is 3.87. The maximum Gasteiger partial charge on any atom is 0.229 e. The minimum Gasteiger partial charge on any atom is -0.367 e. The Balaban J connectivity index is 2.17. The van der Waals surface area contributed by atoms with Crippen LogP contribution in [0.3, 0.4) is 0 Å². The predicted molar refractivity (Wildman–Crippen MR) is 73.0 cm³/mol. The number of hydrogen-bond acceptors (Lipinski definition) is 5. The standard InChI is InChI=1S/C14H25N3O2/c1-4-14(5-2,18-6-3)13-16-12(19-17-13)11-7-9-15-10-8-11/h11,15H,4-10H2,1-3H3. The van der Waals surface area contributed by atoms with Crippen molar-refractivity contribution in [2.45, 2.75) is 58.0 Å². The molecule has 5 nitrogen and oxygen atoms in total. The van der Waals surface area contributed by atoms with E-state index in [1.807, 2.05) is 6.92 Å². The highest BCUT2D eigenvalue weighted by atomic mass is 16.5. The zero-order valence-corrected chi connectivity index (χ0v) is 12.2. The molecule has 19 heavy (non-hydrogen) atoms. The van der Waals surface area contributed by atoms with E-state index in [0.717, 1.165) is 44.7 Å². The summed E-state index contributed by atoms with van der Waals surface area (Å²) < 4.78 is 11.4. The summed E-state index contributed by atoms with van der Waals surface area (Å²) in [7, 11) is 0. The molecule has 0 atom stereocenters. The minimum atomic E-state index is -0.385. The van der Waals surface area contributed by atoms with Crippen LogP contribution in [0.2, 0.25) is 0 Å². The third kappa shape index (κ3) is 2.98. The summed E-state index contributed by atoms with van der Waals surface area (Å²) in [6.45, 7) is 8.95. The Bertz CT molecular complexity index is 382. The molecule has 0 saturated carbocycles. The van der Waals surface area contributed by atoms with Gasteiger partial charge in [-0.25, -0.2) is 0 Å².